The number of piperidine rings is 3. The Labute approximate surface area is 515 Å². The highest BCUT2D eigenvalue weighted by molar-refractivity contribution is 9.11. The number of aliphatic hydroxyl groups is 3. The lowest BCUT2D eigenvalue weighted by Crippen LogP contribution is -2.49. The monoisotopic (exact) mass is 1360 g/mol. The molecular weight excluding hydrogens is 1290 g/mol. The first-order valence-corrected chi connectivity index (χ1v) is 30.0. The number of carbonyl (C=O) groups is 3. The third kappa shape index (κ3) is 21.0. The molecule has 3 saturated heterocycles. The summed E-state index contributed by atoms with van der Waals surface area (Å²) in [6.45, 7) is 9.28. The van der Waals surface area contributed by atoms with Gasteiger partial charge in [0, 0.05) is 124 Å². The van der Waals surface area contributed by atoms with Crippen LogP contribution in [0.5, 0.6) is 17.2 Å². The molecular formula is C62H69Br3Cl3N3O10. The van der Waals surface area contributed by atoms with E-state index in [4.69, 9.17) is 58.9 Å². The number of rotatable bonds is 17. The van der Waals surface area contributed by atoms with Gasteiger partial charge in [0.15, 0.2) is 11.4 Å². The zero-order chi connectivity index (χ0) is 58.5. The van der Waals surface area contributed by atoms with Gasteiger partial charge in [-0.2, -0.15) is 0 Å². The summed E-state index contributed by atoms with van der Waals surface area (Å²) in [4.78, 5) is 41.5. The van der Waals surface area contributed by atoms with Crippen molar-refractivity contribution in [3.05, 3.63) is 189 Å². The smallest absolute Gasteiger partial charge is 0.337 e. The first-order valence-electron chi connectivity index (χ1n) is 26.5. The predicted octanol–water partition coefficient (Wildman–Crippen LogP) is 13.2. The molecule has 6 aromatic carbocycles. The molecule has 0 bridgehead atoms. The fourth-order valence-electron chi connectivity index (χ4n) is 9.25. The van der Waals surface area contributed by atoms with Gasteiger partial charge in [-0.05, 0) is 140 Å². The lowest BCUT2D eigenvalue weighted by Gasteiger charge is -2.36. The van der Waals surface area contributed by atoms with E-state index in [0.29, 0.717) is 113 Å². The third-order valence-corrected chi connectivity index (χ3v) is 16.4. The fourth-order valence-corrected chi connectivity index (χ4v) is 10.9. The van der Waals surface area contributed by atoms with Crippen molar-refractivity contribution in [3.8, 4) is 17.2 Å². The second-order valence-corrected chi connectivity index (χ2v) is 24.0. The summed E-state index contributed by atoms with van der Waals surface area (Å²) in [6, 6.07) is 40.9. The number of carbonyl (C=O) groups excluding carboxylic acids is 3. The number of ketones is 2. The van der Waals surface area contributed by atoms with Gasteiger partial charge < -0.3 is 34.3 Å². The SMILES string of the molecule is CC(=O)C1(O)CCN(Cc2cc(Br)ccc2OCc2ccc(Cl)cc2)CC1.CO.COC(=O)C1(O)CCN(Cc2cc(Br)ccc2OCc2ccc(Cl)cc2)CC1.O=C1CCN(Cc2cc(Br)ccc2OCc2ccc(Cl)cc2)CC1. The molecule has 3 N–H and O–H groups in total. The van der Waals surface area contributed by atoms with Gasteiger partial charge in [-0.15, -0.1) is 0 Å². The second kappa shape index (κ2) is 32.6. The molecule has 3 aliphatic rings. The molecule has 0 radical (unpaired) electrons. The van der Waals surface area contributed by atoms with Crippen LogP contribution in [0.2, 0.25) is 15.1 Å². The predicted molar refractivity (Wildman–Crippen MR) is 329 cm³/mol. The lowest BCUT2D eigenvalue weighted by molar-refractivity contribution is -0.167. The number of Topliss-reactive ketones (excluding diaryl/α,β-unsaturated/α-hetero) is 2. The summed E-state index contributed by atoms with van der Waals surface area (Å²) in [5.74, 6) is 2.19. The van der Waals surface area contributed by atoms with E-state index < -0.39 is 17.2 Å². The topological polar surface area (TPSA) is 159 Å². The van der Waals surface area contributed by atoms with E-state index >= 15 is 0 Å². The molecule has 0 aliphatic carbocycles. The van der Waals surface area contributed by atoms with E-state index in [-0.39, 0.29) is 5.78 Å². The minimum atomic E-state index is -1.38. The number of nitrogens with zero attached hydrogens (tertiary/aromatic N) is 3. The molecule has 0 spiro atoms. The van der Waals surface area contributed by atoms with Crippen LogP contribution in [0.1, 0.15) is 78.8 Å². The van der Waals surface area contributed by atoms with Crippen molar-refractivity contribution < 1.29 is 48.7 Å². The average Bonchev–Trinajstić information content (AvgIpc) is 3.48. The van der Waals surface area contributed by atoms with E-state index in [2.05, 4.69) is 74.6 Å². The van der Waals surface area contributed by atoms with Crippen LogP contribution in [-0.4, -0.2) is 112 Å². The molecule has 81 heavy (non-hydrogen) atoms. The van der Waals surface area contributed by atoms with Gasteiger partial charge in [0.1, 0.15) is 48.5 Å². The molecule has 0 aromatic heterocycles. The Morgan fingerprint density at radius 3 is 1.09 bits per heavy atom. The molecule has 6 aromatic rings. The van der Waals surface area contributed by atoms with Crippen molar-refractivity contribution in [2.45, 2.75) is 96.1 Å². The molecule has 434 valence electrons. The van der Waals surface area contributed by atoms with E-state index in [1.165, 1.54) is 14.0 Å². The van der Waals surface area contributed by atoms with Crippen LogP contribution < -0.4 is 14.2 Å². The van der Waals surface area contributed by atoms with E-state index in [9.17, 15) is 24.6 Å². The zero-order valence-electron chi connectivity index (χ0n) is 45.7. The van der Waals surface area contributed by atoms with Crippen molar-refractivity contribution in [2.75, 3.05) is 53.5 Å². The van der Waals surface area contributed by atoms with Gasteiger partial charge in [0.2, 0.25) is 0 Å². The van der Waals surface area contributed by atoms with Gasteiger partial charge in [-0.25, -0.2) is 4.79 Å². The number of esters is 1. The third-order valence-electron chi connectivity index (χ3n) is 14.2. The highest BCUT2D eigenvalue weighted by Crippen LogP contribution is 2.32. The molecule has 3 heterocycles. The Balaban J connectivity index is 0.000000193. The normalized spacial score (nSPS) is 16.0. The molecule has 3 fully saturated rings. The van der Waals surface area contributed by atoms with Crippen molar-refractivity contribution in [3.63, 3.8) is 0 Å². The van der Waals surface area contributed by atoms with E-state index in [0.717, 1.165) is 95.8 Å². The van der Waals surface area contributed by atoms with Crippen LogP contribution >= 0.6 is 82.6 Å². The number of methoxy groups -OCH3 is 1. The van der Waals surface area contributed by atoms with Crippen LogP contribution in [0, 0.1) is 0 Å². The molecule has 0 unspecified atom stereocenters. The van der Waals surface area contributed by atoms with E-state index in [1.54, 1.807) is 0 Å². The number of likely N-dealkylation sites (tertiary alicyclic amines) is 3. The maximum absolute atomic E-state index is 11.8. The van der Waals surface area contributed by atoms with Crippen molar-refractivity contribution >= 4 is 100 Å². The largest absolute Gasteiger partial charge is 0.489 e. The highest BCUT2D eigenvalue weighted by Gasteiger charge is 2.40. The number of benzene rings is 6. The minimum absolute atomic E-state index is 0.142. The molecule has 13 nitrogen and oxygen atoms in total. The van der Waals surface area contributed by atoms with Crippen molar-refractivity contribution in [1.82, 2.24) is 14.7 Å². The van der Waals surface area contributed by atoms with Gasteiger partial charge in [-0.1, -0.05) is 119 Å². The summed E-state index contributed by atoms with van der Waals surface area (Å²) in [5, 5.41) is 29.9. The van der Waals surface area contributed by atoms with Crippen LogP contribution in [0.25, 0.3) is 0 Å². The summed E-state index contributed by atoms with van der Waals surface area (Å²) in [5.41, 5.74) is 3.89. The maximum Gasteiger partial charge on any atom is 0.337 e. The minimum Gasteiger partial charge on any atom is -0.489 e. The van der Waals surface area contributed by atoms with Crippen LogP contribution in [0.4, 0.5) is 0 Å². The Morgan fingerprint density at radius 1 is 0.494 bits per heavy atom. The number of hydrogen-bond acceptors (Lipinski definition) is 13. The number of hydrogen-bond donors (Lipinski definition) is 3. The summed E-state index contributed by atoms with van der Waals surface area (Å²) < 4.78 is 25.8. The molecule has 0 amide bonds. The van der Waals surface area contributed by atoms with Crippen molar-refractivity contribution in [1.29, 1.82) is 0 Å². The second-order valence-electron chi connectivity index (χ2n) is 20.0. The van der Waals surface area contributed by atoms with Gasteiger partial charge in [0.25, 0.3) is 0 Å². The van der Waals surface area contributed by atoms with Crippen LogP contribution in [-0.2, 0) is 58.6 Å². The molecule has 3 aliphatic heterocycles. The number of aliphatic hydroxyl groups excluding tert-OH is 1. The fraction of sp³-hybridized carbons (Fsp3) is 0.371. The first kappa shape index (κ1) is 65.7. The summed E-state index contributed by atoms with van der Waals surface area (Å²) >= 11 is 28.4. The maximum atomic E-state index is 11.8. The Morgan fingerprint density at radius 2 is 0.790 bits per heavy atom. The number of ether oxygens (including phenoxy) is 4. The molecule has 0 atom stereocenters. The van der Waals surface area contributed by atoms with Crippen molar-refractivity contribution in [2.24, 2.45) is 0 Å². The van der Waals surface area contributed by atoms with E-state index in [1.807, 2.05) is 115 Å². The lowest BCUT2D eigenvalue weighted by atomic mass is 9.88. The van der Waals surface area contributed by atoms with Crippen LogP contribution in [0.3, 0.4) is 0 Å². The van der Waals surface area contributed by atoms with Gasteiger partial charge in [0.05, 0.1) is 7.11 Å². The standard InChI is InChI=1S/C21H23BrClNO4.C21H23BrClNO3.C19H19BrClNO2.CH4O/c1-27-20(25)21(26)8-10-24(11-9-21)13-16-12-17(22)4-7-19(16)28-14-15-2-5-18(23)6-3-15;1-15(25)21(26)8-10-24(11-9-21)13-17-12-18(22)4-7-20(17)27-14-16-2-5-19(23)6-3-16;20-16-3-6-19(24-13-14-1-4-17(21)5-2-14)15(11-16)12-22-9-7-18(23)8-10-22;1-2/h2-7,12,26H,8-11,13-14H2,1H3;2-7,12,26H,8-11,13-14H2,1H3;1-6,11H,7-10,12-13H2;2H,1H3. The molecule has 0 saturated carbocycles. The highest BCUT2D eigenvalue weighted by atomic mass is 79.9. The number of halogens is 6. The molecule has 19 heteroatoms. The zero-order valence-corrected chi connectivity index (χ0v) is 52.7. The van der Waals surface area contributed by atoms with Gasteiger partial charge >= 0.3 is 5.97 Å². The van der Waals surface area contributed by atoms with Crippen LogP contribution in [0.15, 0.2) is 141 Å². The first-order chi connectivity index (χ1) is 38.8. The van der Waals surface area contributed by atoms with Gasteiger partial charge in [-0.3, -0.25) is 24.3 Å². The summed E-state index contributed by atoms with van der Waals surface area (Å²) in [7, 11) is 2.30. The quantitative estimate of drug-likeness (QED) is 0.0742. The Hall–Kier alpha value is -4.40. The molecule has 9 rings (SSSR count). The summed E-state index contributed by atoms with van der Waals surface area (Å²) in [6.07, 6.45) is 2.95. The Bertz CT molecular complexity index is 2970. The average molecular weight is 1360 g/mol. The Kier molecular flexibility index (Phi) is 26.5.